The lowest BCUT2D eigenvalue weighted by molar-refractivity contribution is -0.137. The van der Waals surface area contributed by atoms with E-state index in [4.69, 9.17) is 5.26 Å². The number of nitrogens with zero attached hydrogens (tertiary/aromatic N) is 2. The van der Waals surface area contributed by atoms with Crippen molar-refractivity contribution in [2.75, 3.05) is 23.7 Å². The highest BCUT2D eigenvalue weighted by atomic mass is 32.2. The molecule has 1 aliphatic rings. The quantitative estimate of drug-likeness (QED) is 0.773. The fourth-order valence-electron chi connectivity index (χ4n) is 2.34. The predicted molar refractivity (Wildman–Crippen MR) is 79.5 cm³/mol. The summed E-state index contributed by atoms with van der Waals surface area (Å²) in [6.07, 6.45) is -3.58. The monoisotopic (exact) mass is 314 g/mol. The van der Waals surface area contributed by atoms with E-state index in [-0.39, 0.29) is 10.3 Å². The summed E-state index contributed by atoms with van der Waals surface area (Å²) in [5, 5.41) is 8.83. The van der Waals surface area contributed by atoms with Crippen LogP contribution >= 0.6 is 11.8 Å². The van der Waals surface area contributed by atoms with Crippen LogP contribution in [0.2, 0.25) is 0 Å². The van der Waals surface area contributed by atoms with E-state index in [1.54, 1.807) is 12.1 Å². The number of nitriles is 1. The van der Waals surface area contributed by atoms with Crippen molar-refractivity contribution < 1.29 is 13.2 Å². The number of alkyl halides is 3. The molecule has 1 aromatic carbocycles. The largest absolute Gasteiger partial charge is 0.417 e. The molecule has 0 aliphatic carbocycles. The zero-order valence-corrected chi connectivity index (χ0v) is 12.8. The lowest BCUT2D eigenvalue weighted by Gasteiger charge is -2.25. The highest BCUT2D eigenvalue weighted by Gasteiger charge is 2.34. The summed E-state index contributed by atoms with van der Waals surface area (Å²) in [5.41, 5.74) is -0.630. The molecule has 114 valence electrons. The number of thioether (sulfide) groups is 1. The first-order valence-corrected chi connectivity index (χ1v) is 7.72. The average molecular weight is 314 g/mol. The molecule has 1 fully saturated rings. The van der Waals surface area contributed by atoms with Gasteiger partial charge in [-0.1, -0.05) is 13.8 Å². The summed E-state index contributed by atoms with van der Waals surface area (Å²) in [5.74, 6) is 0.883. The second kappa shape index (κ2) is 5.80. The van der Waals surface area contributed by atoms with Gasteiger partial charge in [0.1, 0.15) is 0 Å². The van der Waals surface area contributed by atoms with Crippen LogP contribution in [0.3, 0.4) is 0 Å². The maximum Gasteiger partial charge on any atom is 0.417 e. The molecule has 1 aromatic rings. The standard InChI is InChI=1S/C15H17F3N2S/c1-14(2)5-6-20(7-8-21-14)12-4-3-11(10-19)13(9-12)15(16,17)18/h3-4,9H,5-8H2,1-2H3. The molecule has 6 heteroatoms. The van der Waals surface area contributed by atoms with Gasteiger partial charge in [-0.2, -0.15) is 30.2 Å². The van der Waals surface area contributed by atoms with Crippen LogP contribution in [0, 0.1) is 11.3 Å². The Balaban J connectivity index is 2.31. The van der Waals surface area contributed by atoms with Gasteiger partial charge >= 0.3 is 6.18 Å². The zero-order valence-electron chi connectivity index (χ0n) is 12.0. The van der Waals surface area contributed by atoms with Crippen molar-refractivity contribution in [1.82, 2.24) is 0 Å². The normalized spacial score (nSPS) is 19.0. The predicted octanol–water partition coefficient (Wildman–Crippen LogP) is 4.30. The smallest absolute Gasteiger partial charge is 0.371 e. The maximum atomic E-state index is 13.0. The molecular formula is C15H17F3N2S. The fraction of sp³-hybridized carbons (Fsp3) is 0.533. The topological polar surface area (TPSA) is 27.0 Å². The van der Waals surface area contributed by atoms with Crippen LogP contribution in [0.1, 0.15) is 31.4 Å². The molecule has 0 spiro atoms. The third-order valence-corrected chi connectivity index (χ3v) is 5.00. The summed E-state index contributed by atoms with van der Waals surface area (Å²) in [7, 11) is 0. The van der Waals surface area contributed by atoms with Crippen LogP contribution in [0.15, 0.2) is 18.2 Å². The van der Waals surface area contributed by atoms with E-state index >= 15 is 0 Å². The number of rotatable bonds is 1. The van der Waals surface area contributed by atoms with Gasteiger partial charge in [-0.05, 0) is 24.6 Å². The van der Waals surface area contributed by atoms with Crippen molar-refractivity contribution in [3.8, 4) is 6.07 Å². The Morgan fingerprint density at radius 1 is 1.29 bits per heavy atom. The first-order chi connectivity index (χ1) is 9.73. The van der Waals surface area contributed by atoms with Crippen molar-refractivity contribution in [1.29, 1.82) is 5.26 Å². The molecule has 0 bridgehead atoms. The summed E-state index contributed by atoms with van der Waals surface area (Å²) >= 11 is 1.84. The Kier molecular flexibility index (Phi) is 4.43. The summed E-state index contributed by atoms with van der Waals surface area (Å²) in [6, 6.07) is 5.59. The van der Waals surface area contributed by atoms with Gasteiger partial charge < -0.3 is 4.90 Å². The number of hydrogen-bond acceptors (Lipinski definition) is 3. The molecule has 1 saturated heterocycles. The number of hydrogen-bond donors (Lipinski definition) is 0. The SMILES string of the molecule is CC1(C)CCN(c2ccc(C#N)c(C(F)(F)F)c2)CCS1. The van der Waals surface area contributed by atoms with Crippen molar-refractivity contribution >= 4 is 17.4 Å². The molecule has 0 atom stereocenters. The molecule has 0 radical (unpaired) electrons. The lowest BCUT2D eigenvalue weighted by Crippen LogP contribution is -2.27. The molecule has 1 heterocycles. The summed E-state index contributed by atoms with van der Waals surface area (Å²) in [4.78, 5) is 1.97. The van der Waals surface area contributed by atoms with E-state index in [1.807, 2.05) is 16.7 Å². The van der Waals surface area contributed by atoms with E-state index in [1.165, 1.54) is 6.07 Å². The average Bonchev–Trinajstić information content (AvgIpc) is 2.58. The molecule has 0 aromatic heterocycles. The first-order valence-electron chi connectivity index (χ1n) is 6.73. The Bertz CT molecular complexity index is 561. The van der Waals surface area contributed by atoms with Crippen molar-refractivity contribution in [3.05, 3.63) is 29.3 Å². The lowest BCUT2D eigenvalue weighted by atomic mass is 10.1. The van der Waals surface area contributed by atoms with E-state index < -0.39 is 11.7 Å². The van der Waals surface area contributed by atoms with E-state index in [9.17, 15) is 13.2 Å². The van der Waals surface area contributed by atoms with Crippen molar-refractivity contribution in [2.45, 2.75) is 31.2 Å². The van der Waals surface area contributed by atoms with Gasteiger partial charge in [-0.3, -0.25) is 0 Å². The van der Waals surface area contributed by atoms with E-state index in [0.29, 0.717) is 5.69 Å². The van der Waals surface area contributed by atoms with Crippen LogP contribution in [-0.4, -0.2) is 23.6 Å². The van der Waals surface area contributed by atoms with Crippen molar-refractivity contribution in [3.63, 3.8) is 0 Å². The minimum Gasteiger partial charge on any atom is -0.371 e. The van der Waals surface area contributed by atoms with Crippen LogP contribution in [0.4, 0.5) is 18.9 Å². The van der Waals surface area contributed by atoms with Gasteiger partial charge in [-0.25, -0.2) is 0 Å². The Hall–Kier alpha value is -1.35. The van der Waals surface area contributed by atoms with E-state index in [0.717, 1.165) is 31.3 Å². The Labute approximate surface area is 126 Å². The number of anilines is 1. The summed E-state index contributed by atoms with van der Waals surface area (Å²) < 4.78 is 39.2. The molecule has 2 rings (SSSR count). The van der Waals surface area contributed by atoms with Crippen LogP contribution in [-0.2, 0) is 6.18 Å². The third-order valence-electron chi connectivity index (χ3n) is 3.63. The minimum atomic E-state index is -4.50. The molecule has 0 unspecified atom stereocenters. The van der Waals surface area contributed by atoms with Gasteiger partial charge in [0.05, 0.1) is 17.2 Å². The van der Waals surface area contributed by atoms with Crippen LogP contribution in [0.5, 0.6) is 0 Å². The minimum absolute atomic E-state index is 0.147. The van der Waals surface area contributed by atoms with Gasteiger partial charge in [0.2, 0.25) is 0 Å². The maximum absolute atomic E-state index is 13.0. The van der Waals surface area contributed by atoms with Gasteiger partial charge in [0, 0.05) is 29.3 Å². The highest BCUT2D eigenvalue weighted by molar-refractivity contribution is 8.00. The second-order valence-electron chi connectivity index (χ2n) is 5.68. The molecule has 21 heavy (non-hydrogen) atoms. The molecule has 0 N–H and O–H groups in total. The molecule has 0 saturated carbocycles. The zero-order chi connectivity index (χ0) is 15.7. The van der Waals surface area contributed by atoms with Crippen LogP contribution < -0.4 is 4.90 Å². The van der Waals surface area contributed by atoms with Gasteiger partial charge in [-0.15, -0.1) is 0 Å². The molecule has 2 nitrogen and oxygen atoms in total. The number of halogens is 3. The van der Waals surface area contributed by atoms with Gasteiger partial charge in [0.25, 0.3) is 0 Å². The Morgan fingerprint density at radius 3 is 2.62 bits per heavy atom. The third kappa shape index (κ3) is 3.85. The number of benzene rings is 1. The Morgan fingerprint density at radius 2 is 2.00 bits per heavy atom. The summed E-state index contributed by atoms with van der Waals surface area (Å²) in [6.45, 7) is 5.75. The van der Waals surface area contributed by atoms with Gasteiger partial charge in [0.15, 0.2) is 0 Å². The highest BCUT2D eigenvalue weighted by Crippen LogP contribution is 2.36. The second-order valence-corrected chi connectivity index (χ2v) is 7.49. The molecular weight excluding hydrogens is 297 g/mol. The first kappa shape index (κ1) is 16.0. The van der Waals surface area contributed by atoms with Crippen LogP contribution in [0.25, 0.3) is 0 Å². The molecule has 0 amide bonds. The molecule has 1 aliphatic heterocycles. The van der Waals surface area contributed by atoms with E-state index in [2.05, 4.69) is 13.8 Å². The van der Waals surface area contributed by atoms with Crippen molar-refractivity contribution in [2.24, 2.45) is 0 Å². The fourth-order valence-corrected chi connectivity index (χ4v) is 3.44.